The zero-order valence-corrected chi connectivity index (χ0v) is 13.4. The number of carbonyl (C=O) groups excluding carboxylic acids is 1. The summed E-state index contributed by atoms with van der Waals surface area (Å²) < 4.78 is 18.8. The Morgan fingerprint density at radius 2 is 2.29 bits per heavy atom. The number of rotatable bonds is 2. The van der Waals surface area contributed by atoms with Crippen molar-refractivity contribution < 1.29 is 19.0 Å². The van der Waals surface area contributed by atoms with Gasteiger partial charge in [0, 0.05) is 32.2 Å². The van der Waals surface area contributed by atoms with E-state index in [9.17, 15) is 9.59 Å². The van der Waals surface area contributed by atoms with Gasteiger partial charge in [0.25, 0.3) is 0 Å². The lowest BCUT2D eigenvalue weighted by Crippen LogP contribution is -2.38. The van der Waals surface area contributed by atoms with Crippen molar-refractivity contribution >= 4 is 21.9 Å². The van der Waals surface area contributed by atoms with Gasteiger partial charge < -0.3 is 18.8 Å². The number of fused-ring (bicyclic) bond motifs is 2. The third-order valence-electron chi connectivity index (χ3n) is 4.03. The van der Waals surface area contributed by atoms with Gasteiger partial charge >= 0.3 is 5.97 Å². The van der Waals surface area contributed by atoms with Crippen LogP contribution < -0.4 is 10.2 Å². The molecule has 3 rings (SSSR count). The lowest BCUT2D eigenvalue weighted by molar-refractivity contribution is -0.153. The van der Waals surface area contributed by atoms with Crippen molar-refractivity contribution in [2.24, 2.45) is 5.92 Å². The summed E-state index contributed by atoms with van der Waals surface area (Å²) in [6.45, 7) is 2.62. The van der Waals surface area contributed by atoms with Gasteiger partial charge in [-0.1, -0.05) is 0 Å². The monoisotopic (exact) mass is 357 g/mol. The highest BCUT2D eigenvalue weighted by molar-refractivity contribution is 9.10. The minimum atomic E-state index is -0.514. The average molecular weight is 358 g/mol. The molecule has 1 fully saturated rings. The molecule has 6 nitrogen and oxygen atoms in total. The molecular weight excluding hydrogens is 342 g/mol. The van der Waals surface area contributed by atoms with Gasteiger partial charge in [0.05, 0.1) is 17.7 Å². The molecule has 3 atom stereocenters. The van der Waals surface area contributed by atoms with Crippen LogP contribution in [-0.2, 0) is 20.8 Å². The molecule has 0 saturated carbocycles. The maximum absolute atomic E-state index is 12.2. The third-order valence-corrected chi connectivity index (χ3v) is 4.59. The van der Waals surface area contributed by atoms with Crippen LogP contribution in [0.15, 0.2) is 15.5 Å². The highest BCUT2D eigenvalue weighted by Gasteiger charge is 2.44. The molecular formula is C14H16BrNO5. The first-order valence-electron chi connectivity index (χ1n) is 6.78. The molecule has 7 heteroatoms. The molecule has 0 aliphatic carbocycles. The van der Waals surface area contributed by atoms with E-state index < -0.39 is 6.10 Å². The highest BCUT2D eigenvalue weighted by atomic mass is 79.9. The van der Waals surface area contributed by atoms with Crippen molar-refractivity contribution in [2.75, 3.05) is 13.7 Å². The van der Waals surface area contributed by atoms with Crippen LogP contribution >= 0.6 is 15.9 Å². The summed E-state index contributed by atoms with van der Waals surface area (Å²) in [5, 5.41) is 0. The fourth-order valence-electron chi connectivity index (χ4n) is 3.18. The van der Waals surface area contributed by atoms with Crippen LogP contribution in [0.1, 0.15) is 25.1 Å². The van der Waals surface area contributed by atoms with Crippen molar-refractivity contribution in [3.63, 3.8) is 0 Å². The van der Waals surface area contributed by atoms with Crippen molar-refractivity contribution in [1.82, 2.24) is 4.57 Å². The summed E-state index contributed by atoms with van der Waals surface area (Å²) in [5.41, 5.74) is 0.380. The smallest absolute Gasteiger partial charge is 0.303 e. The van der Waals surface area contributed by atoms with E-state index in [1.807, 2.05) is 4.57 Å². The Morgan fingerprint density at radius 1 is 1.52 bits per heavy atom. The molecule has 2 aliphatic heterocycles. The van der Waals surface area contributed by atoms with Gasteiger partial charge in [-0.25, -0.2) is 0 Å². The van der Waals surface area contributed by atoms with Crippen LogP contribution in [0.5, 0.6) is 5.75 Å². The number of halogens is 1. The number of methoxy groups -OCH3 is 1. The normalized spacial score (nSPS) is 26.9. The van der Waals surface area contributed by atoms with Crippen LogP contribution in [-0.4, -0.2) is 30.4 Å². The van der Waals surface area contributed by atoms with Crippen LogP contribution in [0.3, 0.4) is 0 Å². The van der Waals surface area contributed by atoms with E-state index in [0.29, 0.717) is 23.3 Å². The number of nitrogens with zero attached hydrogens (tertiary/aromatic N) is 1. The van der Waals surface area contributed by atoms with Crippen LogP contribution in [0.25, 0.3) is 0 Å². The maximum atomic E-state index is 12.2. The van der Waals surface area contributed by atoms with E-state index in [4.69, 9.17) is 14.2 Å². The highest BCUT2D eigenvalue weighted by Crippen LogP contribution is 2.43. The summed E-state index contributed by atoms with van der Waals surface area (Å²) in [6, 6.07) is 0. The molecule has 0 N–H and O–H groups in total. The lowest BCUT2D eigenvalue weighted by atomic mass is 9.88. The molecule has 3 heterocycles. The molecule has 1 aromatic heterocycles. The van der Waals surface area contributed by atoms with Gasteiger partial charge in [0.2, 0.25) is 5.43 Å². The number of aromatic nitrogens is 1. The quantitative estimate of drug-likeness (QED) is 0.752. The number of carbonyl (C=O) groups is 1. The standard InChI is InChI=1S/C14H16BrNO5/c1-7(17)21-13-8-3-4-20-10(8)6-16-5-9(15)12(18)14(19-2)11(13)16/h5,8,10,13H,3-4,6H2,1-2H3. The molecule has 0 radical (unpaired) electrons. The van der Waals surface area contributed by atoms with Gasteiger partial charge in [-0.05, 0) is 22.4 Å². The van der Waals surface area contributed by atoms with Crippen molar-refractivity contribution in [3.8, 4) is 5.75 Å². The second kappa shape index (κ2) is 5.46. The van der Waals surface area contributed by atoms with Crippen molar-refractivity contribution in [2.45, 2.75) is 32.1 Å². The van der Waals surface area contributed by atoms with Gasteiger partial charge in [0.1, 0.15) is 5.69 Å². The SMILES string of the molecule is COc1c2n(cc(Br)c1=O)CC1OCCC1C2OC(C)=O. The first-order chi connectivity index (χ1) is 10.0. The van der Waals surface area contributed by atoms with E-state index >= 15 is 0 Å². The van der Waals surface area contributed by atoms with Crippen LogP contribution in [0.2, 0.25) is 0 Å². The summed E-state index contributed by atoms with van der Waals surface area (Å²) in [4.78, 5) is 23.7. The van der Waals surface area contributed by atoms with Crippen molar-refractivity contribution in [1.29, 1.82) is 0 Å². The molecule has 1 saturated heterocycles. The van der Waals surface area contributed by atoms with Gasteiger partial charge in [0.15, 0.2) is 11.9 Å². The van der Waals surface area contributed by atoms with E-state index in [-0.39, 0.29) is 29.2 Å². The largest absolute Gasteiger partial charge is 0.491 e. The Labute approximate surface area is 130 Å². The van der Waals surface area contributed by atoms with Gasteiger partial charge in [-0.2, -0.15) is 0 Å². The second-order valence-electron chi connectivity index (χ2n) is 5.27. The summed E-state index contributed by atoms with van der Waals surface area (Å²) in [5.74, 6) is -0.0964. The number of hydrogen-bond donors (Lipinski definition) is 0. The average Bonchev–Trinajstić information content (AvgIpc) is 2.88. The first-order valence-corrected chi connectivity index (χ1v) is 7.58. The molecule has 0 aromatic carbocycles. The van der Waals surface area contributed by atoms with Crippen LogP contribution in [0, 0.1) is 5.92 Å². The van der Waals surface area contributed by atoms with E-state index in [0.717, 1.165) is 6.42 Å². The molecule has 0 spiro atoms. The zero-order chi connectivity index (χ0) is 15.1. The fourth-order valence-corrected chi connectivity index (χ4v) is 3.61. The molecule has 0 bridgehead atoms. The minimum Gasteiger partial charge on any atom is -0.491 e. The lowest BCUT2D eigenvalue weighted by Gasteiger charge is -2.36. The summed E-state index contributed by atoms with van der Waals surface area (Å²) in [7, 11) is 1.45. The number of hydrogen-bond acceptors (Lipinski definition) is 5. The number of pyridine rings is 1. The Balaban J connectivity index is 2.18. The summed E-state index contributed by atoms with van der Waals surface area (Å²) in [6.07, 6.45) is 1.98. The molecule has 3 unspecified atom stereocenters. The molecule has 2 aliphatic rings. The number of ether oxygens (including phenoxy) is 3. The summed E-state index contributed by atoms with van der Waals surface area (Å²) >= 11 is 3.25. The predicted octanol–water partition coefficient (Wildman–Crippen LogP) is 1.64. The molecule has 1 aromatic rings. The Bertz CT molecular complexity index is 641. The Kier molecular flexibility index (Phi) is 3.79. The van der Waals surface area contributed by atoms with Crippen LogP contribution in [0.4, 0.5) is 0 Å². The zero-order valence-electron chi connectivity index (χ0n) is 11.8. The number of esters is 1. The van der Waals surface area contributed by atoms with E-state index in [2.05, 4.69) is 15.9 Å². The molecule has 21 heavy (non-hydrogen) atoms. The van der Waals surface area contributed by atoms with Gasteiger partial charge in [-0.15, -0.1) is 0 Å². The van der Waals surface area contributed by atoms with E-state index in [1.54, 1.807) is 6.20 Å². The second-order valence-corrected chi connectivity index (χ2v) is 6.12. The molecule has 114 valence electrons. The molecule has 0 amide bonds. The Morgan fingerprint density at radius 3 is 2.95 bits per heavy atom. The maximum Gasteiger partial charge on any atom is 0.303 e. The van der Waals surface area contributed by atoms with Gasteiger partial charge in [-0.3, -0.25) is 9.59 Å². The fraction of sp³-hybridized carbons (Fsp3) is 0.571. The topological polar surface area (TPSA) is 66.8 Å². The third kappa shape index (κ3) is 2.38. The predicted molar refractivity (Wildman–Crippen MR) is 77.3 cm³/mol. The Hall–Kier alpha value is -1.34. The first kappa shape index (κ1) is 14.6. The minimum absolute atomic E-state index is 0.0130. The van der Waals surface area contributed by atoms with E-state index in [1.165, 1.54) is 14.0 Å². The van der Waals surface area contributed by atoms with Crippen molar-refractivity contribution in [3.05, 3.63) is 26.6 Å².